The van der Waals surface area contributed by atoms with E-state index >= 15 is 0 Å². The Kier molecular flexibility index (Phi) is 7.31. The minimum absolute atomic E-state index is 0.00545. The molecule has 1 saturated heterocycles. The first-order valence-corrected chi connectivity index (χ1v) is 13.0. The number of benzene rings is 1. The maximum absolute atomic E-state index is 10.1. The minimum Gasteiger partial charge on any atom is -0.411 e. The fraction of sp³-hybridized carbons (Fsp3) is 0.727. The Balaban J connectivity index is 2.19. The lowest BCUT2D eigenvalue weighted by atomic mass is 9.85. The number of aliphatic hydroxyl groups excluding tert-OH is 1. The first-order chi connectivity index (χ1) is 12.5. The Morgan fingerprint density at radius 2 is 1.70 bits per heavy atom. The highest BCUT2D eigenvalue weighted by Crippen LogP contribution is 2.41. The summed E-state index contributed by atoms with van der Waals surface area (Å²) in [5.41, 5.74) is 1.03. The van der Waals surface area contributed by atoms with Crippen molar-refractivity contribution in [2.24, 2.45) is 11.8 Å². The van der Waals surface area contributed by atoms with Crippen molar-refractivity contribution in [2.75, 3.05) is 6.61 Å². The van der Waals surface area contributed by atoms with Gasteiger partial charge in [0, 0.05) is 17.4 Å². The molecule has 1 aliphatic heterocycles. The van der Waals surface area contributed by atoms with Crippen molar-refractivity contribution in [2.45, 2.75) is 84.3 Å². The van der Waals surface area contributed by atoms with Crippen LogP contribution in [0.3, 0.4) is 0 Å². The van der Waals surface area contributed by atoms with Crippen molar-refractivity contribution in [1.82, 2.24) is 0 Å². The molecule has 27 heavy (non-hydrogen) atoms. The molecule has 1 fully saturated rings. The SMILES string of the molecule is C[C@@H]1[C@@H]([C@@H](C)[C@@H](CO)O[Si](C)(C)C(C)(C)C)O[C@H](c2ccccc2)O[C@@H]1C. The lowest BCUT2D eigenvalue weighted by molar-refractivity contribution is -0.281. The molecule has 4 nitrogen and oxygen atoms in total. The van der Waals surface area contributed by atoms with E-state index in [1.807, 2.05) is 30.3 Å². The van der Waals surface area contributed by atoms with Gasteiger partial charge in [-0.3, -0.25) is 0 Å². The summed E-state index contributed by atoms with van der Waals surface area (Å²) in [7, 11) is -1.98. The summed E-state index contributed by atoms with van der Waals surface area (Å²) in [4.78, 5) is 0. The van der Waals surface area contributed by atoms with E-state index in [1.165, 1.54) is 0 Å². The van der Waals surface area contributed by atoms with Gasteiger partial charge in [-0.25, -0.2) is 0 Å². The summed E-state index contributed by atoms with van der Waals surface area (Å²) >= 11 is 0. The van der Waals surface area contributed by atoms with E-state index in [0.29, 0.717) is 0 Å². The van der Waals surface area contributed by atoms with Gasteiger partial charge >= 0.3 is 0 Å². The highest BCUT2D eigenvalue weighted by molar-refractivity contribution is 6.74. The van der Waals surface area contributed by atoms with Gasteiger partial charge in [0.05, 0.1) is 24.9 Å². The highest BCUT2D eigenvalue weighted by Gasteiger charge is 2.44. The van der Waals surface area contributed by atoms with Gasteiger partial charge in [-0.05, 0) is 25.1 Å². The van der Waals surface area contributed by atoms with E-state index < -0.39 is 8.32 Å². The molecule has 0 bridgehead atoms. The van der Waals surface area contributed by atoms with Gasteiger partial charge in [0.15, 0.2) is 14.6 Å². The van der Waals surface area contributed by atoms with Crippen LogP contribution in [0.4, 0.5) is 0 Å². The van der Waals surface area contributed by atoms with E-state index in [2.05, 4.69) is 54.6 Å². The molecule has 0 aromatic heterocycles. The maximum Gasteiger partial charge on any atom is 0.192 e. The predicted octanol–water partition coefficient (Wildman–Crippen LogP) is 5.14. The molecule has 6 atom stereocenters. The van der Waals surface area contributed by atoms with Crippen LogP contribution in [-0.4, -0.2) is 38.3 Å². The smallest absolute Gasteiger partial charge is 0.192 e. The Morgan fingerprint density at radius 1 is 1.11 bits per heavy atom. The topological polar surface area (TPSA) is 47.9 Å². The molecule has 154 valence electrons. The normalized spacial score (nSPS) is 29.4. The number of rotatable bonds is 6. The molecule has 2 rings (SSSR count). The molecule has 1 aromatic carbocycles. The first-order valence-electron chi connectivity index (χ1n) is 10.1. The zero-order chi connectivity index (χ0) is 20.4. The monoisotopic (exact) mass is 394 g/mol. The van der Waals surface area contributed by atoms with Crippen LogP contribution in [-0.2, 0) is 13.9 Å². The van der Waals surface area contributed by atoms with Crippen LogP contribution in [0.5, 0.6) is 0 Å². The first kappa shape index (κ1) is 22.6. The van der Waals surface area contributed by atoms with Gasteiger partial charge in [-0.2, -0.15) is 0 Å². The van der Waals surface area contributed by atoms with E-state index in [0.717, 1.165) is 5.56 Å². The van der Waals surface area contributed by atoms with Gasteiger partial charge < -0.3 is 19.0 Å². The minimum atomic E-state index is -1.98. The number of aliphatic hydroxyl groups is 1. The molecular weight excluding hydrogens is 356 g/mol. The molecule has 0 unspecified atom stereocenters. The third-order valence-electron chi connectivity index (χ3n) is 6.49. The van der Waals surface area contributed by atoms with Crippen molar-refractivity contribution in [3.63, 3.8) is 0 Å². The van der Waals surface area contributed by atoms with Gasteiger partial charge in [-0.1, -0.05) is 65.0 Å². The van der Waals surface area contributed by atoms with Crippen molar-refractivity contribution in [3.8, 4) is 0 Å². The second kappa shape index (κ2) is 8.74. The molecule has 0 aliphatic carbocycles. The van der Waals surface area contributed by atoms with Gasteiger partial charge in [0.2, 0.25) is 0 Å². The van der Waals surface area contributed by atoms with Crippen molar-refractivity contribution in [3.05, 3.63) is 35.9 Å². The maximum atomic E-state index is 10.1. The summed E-state index contributed by atoms with van der Waals surface area (Å²) in [6, 6.07) is 10.1. The van der Waals surface area contributed by atoms with E-state index in [1.54, 1.807) is 0 Å². The summed E-state index contributed by atoms with van der Waals surface area (Å²) in [5.74, 6) is 0.286. The lowest BCUT2D eigenvalue weighted by Gasteiger charge is -2.46. The second-order valence-corrected chi connectivity index (χ2v) is 14.3. The average Bonchev–Trinajstić information content (AvgIpc) is 2.61. The third-order valence-corrected chi connectivity index (χ3v) is 11.0. The predicted molar refractivity (Wildman–Crippen MR) is 112 cm³/mol. The Labute approximate surface area is 166 Å². The van der Waals surface area contributed by atoms with Crippen LogP contribution in [0, 0.1) is 11.8 Å². The van der Waals surface area contributed by atoms with Gasteiger partial charge in [0.1, 0.15) is 0 Å². The Bertz CT molecular complexity index is 584. The number of ether oxygens (including phenoxy) is 2. The second-order valence-electron chi connectivity index (χ2n) is 9.50. The standard InChI is InChI=1S/C22H38O4Si/c1-15-17(3)24-21(18-12-10-9-11-13-18)25-20(15)16(2)19(14-23)26-27(7,8)22(4,5)6/h9-13,15-17,19-21,23H,14H2,1-8H3/t15-,16-,17+,19+,20-,21+/m0/s1. The fourth-order valence-electron chi connectivity index (χ4n) is 3.33. The summed E-state index contributed by atoms with van der Waals surface area (Å²) in [6.07, 6.45) is -0.582. The Morgan fingerprint density at radius 3 is 2.22 bits per heavy atom. The van der Waals surface area contributed by atoms with Crippen LogP contribution >= 0.6 is 0 Å². The fourth-order valence-corrected chi connectivity index (χ4v) is 4.73. The molecule has 1 heterocycles. The summed E-state index contributed by atoms with van der Waals surface area (Å²) < 4.78 is 19.1. The molecule has 1 N–H and O–H groups in total. The van der Waals surface area contributed by atoms with E-state index in [4.69, 9.17) is 13.9 Å². The molecule has 0 spiro atoms. The van der Waals surface area contributed by atoms with Crippen molar-refractivity contribution < 1.29 is 19.0 Å². The van der Waals surface area contributed by atoms with Crippen molar-refractivity contribution >= 4 is 8.32 Å². The van der Waals surface area contributed by atoms with Crippen molar-refractivity contribution in [1.29, 1.82) is 0 Å². The number of hydrogen-bond donors (Lipinski definition) is 1. The van der Waals surface area contributed by atoms with Gasteiger partial charge in [-0.15, -0.1) is 0 Å². The molecule has 1 aliphatic rings. The number of hydrogen-bond acceptors (Lipinski definition) is 4. The van der Waals surface area contributed by atoms with E-state index in [-0.39, 0.29) is 48.1 Å². The molecule has 0 saturated carbocycles. The van der Waals surface area contributed by atoms with Crippen LogP contribution in [0.25, 0.3) is 0 Å². The molecule has 0 radical (unpaired) electrons. The largest absolute Gasteiger partial charge is 0.411 e. The summed E-state index contributed by atoms with van der Waals surface area (Å²) in [5, 5.41) is 10.2. The average molecular weight is 395 g/mol. The highest BCUT2D eigenvalue weighted by atomic mass is 28.4. The third kappa shape index (κ3) is 5.21. The molecule has 0 amide bonds. The quantitative estimate of drug-likeness (QED) is 0.678. The molecular formula is C22H38O4Si. The summed E-state index contributed by atoms with van der Waals surface area (Å²) in [6.45, 7) is 17.5. The van der Waals surface area contributed by atoms with Crippen LogP contribution < -0.4 is 0 Å². The Hall–Kier alpha value is -0.723. The van der Waals surface area contributed by atoms with E-state index in [9.17, 15) is 5.11 Å². The molecule has 1 aromatic rings. The zero-order valence-electron chi connectivity index (χ0n) is 18.2. The lowest BCUT2D eigenvalue weighted by Crippen LogP contribution is -2.52. The van der Waals surface area contributed by atoms with Crippen LogP contribution in [0.1, 0.15) is 53.4 Å². The zero-order valence-corrected chi connectivity index (χ0v) is 19.2. The van der Waals surface area contributed by atoms with Crippen LogP contribution in [0.2, 0.25) is 18.1 Å². The van der Waals surface area contributed by atoms with Gasteiger partial charge in [0.25, 0.3) is 0 Å². The molecule has 5 heteroatoms. The van der Waals surface area contributed by atoms with Crippen LogP contribution in [0.15, 0.2) is 30.3 Å².